The van der Waals surface area contributed by atoms with Gasteiger partial charge in [-0.1, -0.05) is 12.5 Å². The lowest BCUT2D eigenvalue weighted by Gasteiger charge is -2.25. The first-order chi connectivity index (χ1) is 11.5. The van der Waals surface area contributed by atoms with E-state index in [-0.39, 0.29) is 23.9 Å². The molecule has 1 saturated heterocycles. The molecule has 2 N–H and O–H groups in total. The Kier molecular flexibility index (Phi) is 5.75. The monoisotopic (exact) mass is 338 g/mol. The Bertz CT molecular complexity index is 466. The van der Waals surface area contributed by atoms with Gasteiger partial charge in [0.2, 0.25) is 0 Å². The lowest BCUT2D eigenvalue weighted by Crippen LogP contribution is -2.29. The van der Waals surface area contributed by atoms with Gasteiger partial charge in [0.1, 0.15) is 0 Å². The highest BCUT2D eigenvalue weighted by atomic mass is 16.7. The van der Waals surface area contributed by atoms with Crippen LogP contribution in [-0.4, -0.2) is 47.2 Å². The lowest BCUT2D eigenvalue weighted by molar-refractivity contribution is -0.157. The fraction of sp³-hybridized carbons (Fsp3) is 0.842. The van der Waals surface area contributed by atoms with Gasteiger partial charge in [0.25, 0.3) is 0 Å². The van der Waals surface area contributed by atoms with E-state index in [4.69, 9.17) is 9.47 Å². The first-order valence-corrected chi connectivity index (χ1v) is 9.34. The fourth-order valence-corrected chi connectivity index (χ4v) is 4.67. The normalized spacial score (nSPS) is 35.8. The highest BCUT2D eigenvalue weighted by Gasteiger charge is 2.55. The second-order valence-corrected chi connectivity index (χ2v) is 7.74. The maximum absolute atomic E-state index is 12.0. The fourth-order valence-electron chi connectivity index (χ4n) is 4.67. The molecule has 0 bridgehead atoms. The van der Waals surface area contributed by atoms with E-state index in [1.54, 1.807) is 13.0 Å². The summed E-state index contributed by atoms with van der Waals surface area (Å²) in [5.74, 6) is 0.485. The molecule has 1 heterocycles. The van der Waals surface area contributed by atoms with Gasteiger partial charge < -0.3 is 19.7 Å². The van der Waals surface area contributed by atoms with Crippen LogP contribution in [0.25, 0.3) is 0 Å². The molecule has 136 valence electrons. The van der Waals surface area contributed by atoms with E-state index in [0.717, 1.165) is 38.5 Å². The van der Waals surface area contributed by atoms with Gasteiger partial charge in [-0.25, -0.2) is 0 Å². The average Bonchev–Trinajstić information content (AvgIpc) is 3.18. The Labute approximate surface area is 144 Å². The zero-order valence-electron chi connectivity index (χ0n) is 14.5. The number of fused-ring (bicyclic) bond motifs is 1. The van der Waals surface area contributed by atoms with E-state index in [9.17, 15) is 15.0 Å². The summed E-state index contributed by atoms with van der Waals surface area (Å²) >= 11 is 0. The van der Waals surface area contributed by atoms with Crippen molar-refractivity contribution in [3.05, 3.63) is 12.2 Å². The molecule has 5 nitrogen and oxygen atoms in total. The van der Waals surface area contributed by atoms with E-state index in [1.807, 2.05) is 6.08 Å². The zero-order chi connectivity index (χ0) is 17.2. The smallest absolute Gasteiger partial charge is 0.169 e. The standard InChI is InChI=1S/C19H30O5/c1-13(20)4-2-3-5-15(21)6-7-16-17-12-19(23-8-9-24-19)11-14(17)10-18(16)22/h6-7,13-14,16-18,20,22H,2-5,8-12H2,1H3/t13?,14-,16-,17-,18-/m1/s1. The van der Waals surface area contributed by atoms with Crippen LogP contribution in [0.1, 0.15) is 51.9 Å². The average molecular weight is 338 g/mol. The predicted molar refractivity (Wildman–Crippen MR) is 89.3 cm³/mol. The summed E-state index contributed by atoms with van der Waals surface area (Å²) in [7, 11) is 0. The van der Waals surface area contributed by atoms with E-state index in [1.165, 1.54) is 0 Å². The zero-order valence-corrected chi connectivity index (χ0v) is 14.5. The Morgan fingerprint density at radius 2 is 2.04 bits per heavy atom. The molecule has 1 spiro atoms. The summed E-state index contributed by atoms with van der Waals surface area (Å²) in [6, 6.07) is 0. The molecule has 2 aliphatic carbocycles. The molecule has 2 saturated carbocycles. The summed E-state index contributed by atoms with van der Waals surface area (Å²) in [4.78, 5) is 12.0. The van der Waals surface area contributed by atoms with Crippen LogP contribution in [0.2, 0.25) is 0 Å². The molecule has 0 radical (unpaired) electrons. The molecule has 0 aromatic rings. The molecular weight excluding hydrogens is 308 g/mol. The summed E-state index contributed by atoms with van der Waals surface area (Å²) in [6.45, 7) is 3.09. The van der Waals surface area contributed by atoms with Gasteiger partial charge in [0.05, 0.1) is 25.4 Å². The van der Waals surface area contributed by atoms with Crippen molar-refractivity contribution in [2.45, 2.75) is 69.9 Å². The SMILES string of the molecule is CC(O)CCCCC(=O)C=C[C@@H]1[C@@H]2CC3(C[C@H]2C[C@H]1O)OCCO3. The van der Waals surface area contributed by atoms with Gasteiger partial charge >= 0.3 is 0 Å². The van der Waals surface area contributed by atoms with Crippen LogP contribution in [0.3, 0.4) is 0 Å². The molecule has 1 aliphatic heterocycles. The maximum atomic E-state index is 12.0. The first-order valence-electron chi connectivity index (χ1n) is 9.34. The van der Waals surface area contributed by atoms with Crippen molar-refractivity contribution in [2.24, 2.45) is 17.8 Å². The van der Waals surface area contributed by atoms with Crippen LogP contribution in [0.15, 0.2) is 12.2 Å². The number of carbonyl (C=O) groups excluding carboxylic acids is 1. The van der Waals surface area contributed by atoms with Gasteiger partial charge in [0, 0.05) is 25.2 Å². The van der Waals surface area contributed by atoms with E-state index in [0.29, 0.717) is 31.5 Å². The Hall–Kier alpha value is -0.750. The van der Waals surface area contributed by atoms with Gasteiger partial charge in [-0.05, 0) is 44.1 Å². The molecule has 0 aromatic carbocycles. The molecule has 24 heavy (non-hydrogen) atoms. The van der Waals surface area contributed by atoms with Crippen molar-refractivity contribution in [1.29, 1.82) is 0 Å². The van der Waals surface area contributed by atoms with Crippen LogP contribution in [0.4, 0.5) is 0 Å². The molecule has 0 aromatic heterocycles. The highest BCUT2D eigenvalue weighted by Crippen LogP contribution is 2.54. The Balaban J connectivity index is 1.49. The van der Waals surface area contributed by atoms with Crippen molar-refractivity contribution in [1.82, 2.24) is 0 Å². The number of ketones is 1. The third-order valence-corrected chi connectivity index (χ3v) is 5.82. The van der Waals surface area contributed by atoms with Gasteiger partial charge in [-0.2, -0.15) is 0 Å². The first kappa shape index (κ1) is 18.1. The number of aliphatic hydroxyl groups excluding tert-OH is 2. The van der Waals surface area contributed by atoms with Crippen molar-refractivity contribution in [3.63, 3.8) is 0 Å². The quantitative estimate of drug-likeness (QED) is 0.550. The summed E-state index contributed by atoms with van der Waals surface area (Å²) in [6.07, 6.45) is 8.30. The minimum atomic E-state index is -0.424. The minimum absolute atomic E-state index is 0.0311. The maximum Gasteiger partial charge on any atom is 0.169 e. The number of aliphatic hydroxyl groups is 2. The topological polar surface area (TPSA) is 76.0 Å². The largest absolute Gasteiger partial charge is 0.393 e. The molecule has 3 aliphatic rings. The number of allylic oxidation sites excluding steroid dienone is 1. The van der Waals surface area contributed by atoms with Crippen molar-refractivity contribution in [3.8, 4) is 0 Å². The molecule has 3 rings (SSSR count). The Morgan fingerprint density at radius 1 is 1.29 bits per heavy atom. The number of carbonyl (C=O) groups is 1. The number of hydrogen-bond donors (Lipinski definition) is 2. The van der Waals surface area contributed by atoms with Crippen LogP contribution in [0, 0.1) is 17.8 Å². The number of rotatable bonds is 7. The van der Waals surface area contributed by atoms with E-state index in [2.05, 4.69) is 0 Å². The number of ether oxygens (including phenoxy) is 2. The molecule has 5 atom stereocenters. The highest BCUT2D eigenvalue weighted by molar-refractivity contribution is 5.89. The lowest BCUT2D eigenvalue weighted by atomic mass is 9.90. The molecular formula is C19H30O5. The summed E-state index contributed by atoms with van der Waals surface area (Å²) in [5, 5.41) is 19.6. The van der Waals surface area contributed by atoms with E-state index < -0.39 is 5.79 Å². The van der Waals surface area contributed by atoms with Crippen LogP contribution >= 0.6 is 0 Å². The van der Waals surface area contributed by atoms with Crippen molar-refractivity contribution < 1.29 is 24.5 Å². The molecule has 1 unspecified atom stereocenters. The summed E-state index contributed by atoms with van der Waals surface area (Å²) < 4.78 is 11.6. The predicted octanol–water partition coefficient (Wildman–Crippen LogP) is 2.20. The van der Waals surface area contributed by atoms with Gasteiger partial charge in [-0.3, -0.25) is 4.79 Å². The third kappa shape index (κ3) is 4.07. The minimum Gasteiger partial charge on any atom is -0.393 e. The van der Waals surface area contributed by atoms with Crippen molar-refractivity contribution in [2.75, 3.05) is 13.2 Å². The van der Waals surface area contributed by atoms with Crippen LogP contribution in [-0.2, 0) is 14.3 Å². The van der Waals surface area contributed by atoms with Gasteiger partial charge in [0.15, 0.2) is 11.6 Å². The number of hydrogen-bond acceptors (Lipinski definition) is 5. The van der Waals surface area contributed by atoms with Crippen LogP contribution in [0.5, 0.6) is 0 Å². The van der Waals surface area contributed by atoms with Gasteiger partial charge in [-0.15, -0.1) is 0 Å². The summed E-state index contributed by atoms with van der Waals surface area (Å²) in [5.41, 5.74) is 0. The second kappa shape index (κ2) is 7.65. The molecule has 3 fully saturated rings. The number of unbranched alkanes of at least 4 members (excludes halogenated alkanes) is 1. The van der Waals surface area contributed by atoms with E-state index >= 15 is 0 Å². The van der Waals surface area contributed by atoms with Crippen molar-refractivity contribution >= 4 is 5.78 Å². The second-order valence-electron chi connectivity index (χ2n) is 7.74. The van der Waals surface area contributed by atoms with Crippen LogP contribution < -0.4 is 0 Å². The molecule has 0 amide bonds. The Morgan fingerprint density at radius 3 is 2.75 bits per heavy atom. The third-order valence-electron chi connectivity index (χ3n) is 5.82. The molecule has 5 heteroatoms.